The predicted molar refractivity (Wildman–Crippen MR) is 353 cm³/mol. The number of allylic oxidation sites excluding steroid dienone is 20. The molecule has 0 saturated heterocycles. The van der Waals surface area contributed by atoms with Gasteiger partial charge in [-0.25, -0.2) is 0 Å². The lowest BCUT2D eigenvalue weighted by Gasteiger charge is -2.18. The van der Waals surface area contributed by atoms with Crippen molar-refractivity contribution in [3.05, 3.63) is 122 Å². The summed E-state index contributed by atoms with van der Waals surface area (Å²) in [6.07, 6.45) is 95.5. The first kappa shape index (κ1) is 76.8. The molecule has 6 nitrogen and oxygen atoms in total. The molecule has 0 aliphatic rings. The van der Waals surface area contributed by atoms with E-state index in [9.17, 15) is 14.4 Å². The molecule has 1 unspecified atom stereocenters. The first-order valence-corrected chi connectivity index (χ1v) is 34.0. The number of carbonyl (C=O) groups is 3. The Hall–Kier alpha value is -4.19. The minimum Gasteiger partial charge on any atom is -0.462 e. The molecule has 1 atom stereocenters. The Kier molecular flexibility index (Phi) is 64.8. The quantitative estimate of drug-likeness (QED) is 0.0261. The highest BCUT2D eigenvalue weighted by Gasteiger charge is 2.19. The predicted octanol–water partition coefficient (Wildman–Crippen LogP) is 23.6. The highest BCUT2D eigenvalue weighted by molar-refractivity contribution is 5.71. The molecule has 0 bridgehead atoms. The van der Waals surface area contributed by atoms with Crippen molar-refractivity contribution in [1.82, 2.24) is 0 Å². The third-order valence-electron chi connectivity index (χ3n) is 14.5. The number of hydrogen-bond donors (Lipinski definition) is 0. The smallest absolute Gasteiger partial charge is 0.306 e. The van der Waals surface area contributed by atoms with Crippen molar-refractivity contribution in [1.29, 1.82) is 0 Å². The monoisotopic (exact) mass is 1120 g/mol. The van der Waals surface area contributed by atoms with Crippen LogP contribution in [-0.2, 0) is 28.6 Å². The fourth-order valence-electron chi connectivity index (χ4n) is 9.37. The molecule has 462 valence electrons. The molecule has 0 amide bonds. The molecular formula is C75H126O6. The second kappa shape index (κ2) is 68.3. The van der Waals surface area contributed by atoms with Gasteiger partial charge in [0.25, 0.3) is 0 Å². The van der Waals surface area contributed by atoms with Gasteiger partial charge in [0.1, 0.15) is 13.2 Å². The van der Waals surface area contributed by atoms with Gasteiger partial charge in [0.15, 0.2) is 6.10 Å². The lowest BCUT2D eigenvalue weighted by atomic mass is 10.0. The van der Waals surface area contributed by atoms with Gasteiger partial charge in [0.2, 0.25) is 0 Å². The number of esters is 3. The van der Waals surface area contributed by atoms with E-state index in [1.807, 2.05) is 0 Å². The molecule has 0 saturated carbocycles. The number of rotatable bonds is 61. The maximum absolute atomic E-state index is 12.9. The SMILES string of the molecule is CC/C=C\C/C=C\C/C=C\C/C=C\C/C=C\C/C=C\C/C=C\CCCCCCCCCC(=O)OCC(COC(=O)CCCCCCC)OC(=O)CCCCCCCCCCCCCCCC/C=C\C/C=C\C/C=C\CCCCCCC. The second-order valence-electron chi connectivity index (χ2n) is 22.4. The number of unbranched alkanes of at least 4 members (excludes halogenated alkanes) is 30. The van der Waals surface area contributed by atoms with Crippen molar-refractivity contribution in [2.75, 3.05) is 13.2 Å². The number of ether oxygens (including phenoxy) is 3. The molecule has 0 aromatic rings. The summed E-state index contributed by atoms with van der Waals surface area (Å²) in [5, 5.41) is 0. The molecule has 81 heavy (non-hydrogen) atoms. The molecule has 6 heteroatoms. The van der Waals surface area contributed by atoms with Gasteiger partial charge in [-0.05, 0) is 116 Å². The van der Waals surface area contributed by atoms with Crippen LogP contribution in [0.1, 0.15) is 316 Å². The molecular weight excluding hydrogens is 997 g/mol. The molecule has 0 heterocycles. The third-order valence-corrected chi connectivity index (χ3v) is 14.5. The highest BCUT2D eigenvalue weighted by Crippen LogP contribution is 2.16. The summed E-state index contributed by atoms with van der Waals surface area (Å²) in [7, 11) is 0. The Morgan fingerprint density at radius 3 is 0.753 bits per heavy atom. The van der Waals surface area contributed by atoms with E-state index in [2.05, 4.69) is 142 Å². The van der Waals surface area contributed by atoms with E-state index in [0.29, 0.717) is 19.3 Å². The summed E-state index contributed by atoms with van der Waals surface area (Å²) < 4.78 is 16.8. The Bertz CT molecular complexity index is 1670. The Morgan fingerprint density at radius 2 is 0.481 bits per heavy atom. The molecule has 0 aliphatic carbocycles. The zero-order valence-corrected chi connectivity index (χ0v) is 53.0. The van der Waals surface area contributed by atoms with Gasteiger partial charge in [-0.1, -0.05) is 303 Å². The first-order chi connectivity index (χ1) is 40.0. The average molecular weight is 1120 g/mol. The summed E-state index contributed by atoms with van der Waals surface area (Å²) in [5.74, 6) is -0.903. The number of carbonyl (C=O) groups excluding carboxylic acids is 3. The zero-order valence-electron chi connectivity index (χ0n) is 53.0. The summed E-state index contributed by atoms with van der Waals surface area (Å²) in [5.41, 5.74) is 0. The van der Waals surface area contributed by atoms with Gasteiger partial charge < -0.3 is 14.2 Å². The van der Waals surface area contributed by atoms with Crippen LogP contribution in [0.2, 0.25) is 0 Å². The van der Waals surface area contributed by atoms with Crippen molar-refractivity contribution in [3.8, 4) is 0 Å². The fourth-order valence-corrected chi connectivity index (χ4v) is 9.37. The molecule has 0 N–H and O–H groups in total. The van der Waals surface area contributed by atoms with Gasteiger partial charge in [-0.15, -0.1) is 0 Å². The zero-order chi connectivity index (χ0) is 58.5. The molecule has 0 spiro atoms. The van der Waals surface area contributed by atoms with E-state index >= 15 is 0 Å². The minimum absolute atomic E-state index is 0.0829. The van der Waals surface area contributed by atoms with Crippen molar-refractivity contribution in [2.24, 2.45) is 0 Å². The maximum atomic E-state index is 12.9. The average Bonchev–Trinajstić information content (AvgIpc) is 3.47. The second-order valence-corrected chi connectivity index (χ2v) is 22.4. The Morgan fingerprint density at radius 1 is 0.259 bits per heavy atom. The van der Waals surface area contributed by atoms with Crippen LogP contribution >= 0.6 is 0 Å². The van der Waals surface area contributed by atoms with Gasteiger partial charge >= 0.3 is 17.9 Å². The van der Waals surface area contributed by atoms with Crippen LogP contribution in [0.5, 0.6) is 0 Å². The molecule has 0 aromatic heterocycles. The van der Waals surface area contributed by atoms with Crippen LogP contribution < -0.4 is 0 Å². The first-order valence-electron chi connectivity index (χ1n) is 34.0. The summed E-state index contributed by atoms with van der Waals surface area (Å²) in [4.78, 5) is 38.0. The van der Waals surface area contributed by atoms with Crippen LogP contribution in [0.15, 0.2) is 122 Å². The third kappa shape index (κ3) is 66.5. The van der Waals surface area contributed by atoms with Crippen LogP contribution in [-0.4, -0.2) is 37.2 Å². The molecule has 0 fully saturated rings. The van der Waals surface area contributed by atoms with Crippen molar-refractivity contribution >= 4 is 17.9 Å². The highest BCUT2D eigenvalue weighted by atomic mass is 16.6. The molecule has 0 aromatic carbocycles. The lowest BCUT2D eigenvalue weighted by molar-refractivity contribution is -0.167. The molecule has 0 radical (unpaired) electrons. The number of hydrogen-bond acceptors (Lipinski definition) is 6. The summed E-state index contributed by atoms with van der Waals surface area (Å²) >= 11 is 0. The van der Waals surface area contributed by atoms with Crippen LogP contribution in [0.3, 0.4) is 0 Å². The van der Waals surface area contributed by atoms with Crippen LogP contribution in [0, 0.1) is 0 Å². The molecule has 0 rings (SSSR count). The van der Waals surface area contributed by atoms with E-state index < -0.39 is 6.10 Å². The van der Waals surface area contributed by atoms with E-state index in [4.69, 9.17) is 14.2 Å². The summed E-state index contributed by atoms with van der Waals surface area (Å²) in [6.45, 7) is 6.44. The normalized spacial score (nSPS) is 12.9. The van der Waals surface area contributed by atoms with Crippen LogP contribution in [0.4, 0.5) is 0 Å². The Balaban J connectivity index is 4.06. The van der Waals surface area contributed by atoms with Crippen LogP contribution in [0.25, 0.3) is 0 Å². The van der Waals surface area contributed by atoms with E-state index in [0.717, 1.165) is 128 Å². The largest absolute Gasteiger partial charge is 0.462 e. The van der Waals surface area contributed by atoms with E-state index in [1.54, 1.807) is 0 Å². The van der Waals surface area contributed by atoms with Crippen molar-refractivity contribution in [2.45, 2.75) is 322 Å². The van der Waals surface area contributed by atoms with E-state index in [-0.39, 0.29) is 31.1 Å². The minimum atomic E-state index is -0.783. The van der Waals surface area contributed by atoms with Crippen molar-refractivity contribution in [3.63, 3.8) is 0 Å². The van der Waals surface area contributed by atoms with Gasteiger partial charge in [0.05, 0.1) is 0 Å². The standard InChI is InChI=1S/C75H126O6/c1-4-7-10-13-15-17-19-21-23-25-27-29-31-33-35-37-39-41-43-45-47-49-51-53-55-57-59-62-65-68-74(77)80-71-72(70-79-73(76)67-64-61-12-9-6-3)81-75(78)69-66-63-60-58-56-54-52-50-48-46-44-42-40-38-36-34-32-30-28-26-24-22-20-18-16-14-11-8-5-2/h7,10,15,17,20-23,26-29,32-35,39,41,45,47,72H,4-6,8-9,11-14,16,18-19,24-25,30-31,36-38,40,42-44,46,48-71H2,1-3H3/b10-7-,17-15-,22-20-,23-21-,28-26-,29-27-,34-32-,35-33-,41-39-,47-45-. The van der Waals surface area contributed by atoms with Gasteiger partial charge in [0, 0.05) is 19.3 Å². The van der Waals surface area contributed by atoms with Gasteiger partial charge in [-0.3, -0.25) is 14.4 Å². The topological polar surface area (TPSA) is 78.9 Å². The summed E-state index contributed by atoms with van der Waals surface area (Å²) in [6, 6.07) is 0. The lowest BCUT2D eigenvalue weighted by Crippen LogP contribution is -2.30. The maximum Gasteiger partial charge on any atom is 0.306 e. The van der Waals surface area contributed by atoms with E-state index in [1.165, 1.54) is 148 Å². The Labute approximate surface area is 501 Å². The molecule has 0 aliphatic heterocycles. The fraction of sp³-hybridized carbons (Fsp3) is 0.693. The van der Waals surface area contributed by atoms with Gasteiger partial charge in [-0.2, -0.15) is 0 Å². The van der Waals surface area contributed by atoms with Crippen molar-refractivity contribution < 1.29 is 28.6 Å².